The number of phenols is 1. The molecule has 1 fully saturated rings. The Labute approximate surface area is 302 Å². The molecule has 1 aliphatic carbocycles. The molecule has 6 N–H and O–H groups in total. The molecule has 1 aromatic heterocycles. The van der Waals surface area contributed by atoms with Crippen LogP contribution in [-0.4, -0.2) is 94.2 Å². The Bertz CT molecular complexity index is 1670. The van der Waals surface area contributed by atoms with E-state index in [1.54, 1.807) is 6.07 Å². The van der Waals surface area contributed by atoms with Gasteiger partial charge in [0.05, 0.1) is 4.70 Å². The Morgan fingerprint density at radius 1 is 0.830 bits per heavy atom. The van der Waals surface area contributed by atoms with Crippen LogP contribution in [-0.2, 0) is 27.2 Å². The maximum absolute atomic E-state index is 14.2. The summed E-state index contributed by atoms with van der Waals surface area (Å²) in [5.74, 6) is -6.29. The Morgan fingerprint density at radius 2 is 1.43 bits per heavy atom. The predicted octanol–water partition coefficient (Wildman–Crippen LogP) is 5.75. The van der Waals surface area contributed by atoms with Crippen molar-refractivity contribution in [3.05, 3.63) is 62.8 Å². The lowest BCUT2D eigenvalue weighted by molar-refractivity contribution is -0.193. The fraction of sp³-hybridized carbons (Fsp3) is 0.515. The van der Waals surface area contributed by atoms with Crippen LogP contribution in [0.5, 0.6) is 5.75 Å². The van der Waals surface area contributed by atoms with Gasteiger partial charge in [0, 0.05) is 38.6 Å². The van der Waals surface area contributed by atoms with Gasteiger partial charge in [-0.2, -0.15) is 26.3 Å². The number of rotatable bonds is 13. The van der Waals surface area contributed by atoms with Crippen LogP contribution in [0.15, 0.2) is 35.1 Å². The smallest absolute Gasteiger partial charge is 0.490 e. The molecule has 1 amide bonds. The Balaban J connectivity index is 0.000000587. The minimum Gasteiger partial charge on any atom is -0.506 e. The topological polar surface area (TPSA) is 172 Å². The first kappa shape index (κ1) is 44.9. The highest BCUT2D eigenvalue weighted by atomic mass is 32.1. The van der Waals surface area contributed by atoms with E-state index < -0.39 is 35.9 Å². The van der Waals surface area contributed by atoms with Crippen LogP contribution >= 0.6 is 11.3 Å². The monoisotopic (exact) mass is 788 g/mol. The number of fused-ring (bicyclic) bond motifs is 1. The summed E-state index contributed by atoms with van der Waals surface area (Å²) >= 11 is 1.09. The maximum atomic E-state index is 14.2. The minimum atomic E-state index is -5.08. The van der Waals surface area contributed by atoms with Crippen molar-refractivity contribution < 1.29 is 64.8 Å². The molecule has 0 spiro atoms. The number of amides is 1. The van der Waals surface area contributed by atoms with Gasteiger partial charge in [-0.3, -0.25) is 9.59 Å². The van der Waals surface area contributed by atoms with Crippen LogP contribution in [0, 0.1) is 11.6 Å². The second-order valence-corrected chi connectivity index (χ2v) is 12.9. The largest absolute Gasteiger partial charge is 0.506 e. The first-order valence-corrected chi connectivity index (χ1v) is 17.2. The van der Waals surface area contributed by atoms with Crippen molar-refractivity contribution in [2.24, 2.45) is 0 Å². The number of benzene rings is 2. The Hall–Kier alpha value is -4.30. The summed E-state index contributed by atoms with van der Waals surface area (Å²) in [6, 6.07) is 7.17. The van der Waals surface area contributed by atoms with E-state index in [4.69, 9.17) is 19.8 Å². The molecule has 1 heterocycles. The van der Waals surface area contributed by atoms with Crippen molar-refractivity contribution in [2.45, 2.75) is 76.2 Å². The summed E-state index contributed by atoms with van der Waals surface area (Å²) < 4.78 is 92.1. The SMILES string of the molecule is O=C(CCN(CCNCCc1ccc(O)c2[nH]c(=O)sc12)CCc1cc(F)ccc1F)NC1CCCCCC1.O=C(O)C(F)(F)F.O=C(O)C(F)(F)F. The van der Waals surface area contributed by atoms with Gasteiger partial charge in [-0.05, 0) is 67.6 Å². The van der Waals surface area contributed by atoms with Crippen molar-refractivity contribution in [1.29, 1.82) is 0 Å². The number of aliphatic carboxylic acids is 2. The van der Waals surface area contributed by atoms with Gasteiger partial charge in [-0.15, -0.1) is 0 Å². The molecule has 20 heteroatoms. The maximum Gasteiger partial charge on any atom is 0.490 e. The zero-order chi connectivity index (χ0) is 39.8. The van der Waals surface area contributed by atoms with Crippen molar-refractivity contribution in [3.8, 4) is 5.75 Å². The number of halogens is 8. The molecule has 0 radical (unpaired) electrons. The van der Waals surface area contributed by atoms with Gasteiger partial charge in [0.25, 0.3) is 0 Å². The summed E-state index contributed by atoms with van der Waals surface area (Å²) in [5.41, 5.74) is 1.78. The first-order chi connectivity index (χ1) is 24.8. The highest BCUT2D eigenvalue weighted by molar-refractivity contribution is 7.16. The van der Waals surface area contributed by atoms with Gasteiger partial charge >= 0.3 is 29.2 Å². The number of aromatic amines is 1. The van der Waals surface area contributed by atoms with Crippen LogP contribution < -0.4 is 15.5 Å². The minimum absolute atomic E-state index is 0.0404. The number of aromatic nitrogens is 1. The summed E-state index contributed by atoms with van der Waals surface area (Å²) in [7, 11) is 0. The number of nitrogens with zero attached hydrogens (tertiary/aromatic N) is 1. The van der Waals surface area contributed by atoms with E-state index in [1.165, 1.54) is 18.9 Å². The number of carbonyl (C=O) groups is 3. The fourth-order valence-corrected chi connectivity index (χ4v) is 6.08. The highest BCUT2D eigenvalue weighted by Crippen LogP contribution is 2.28. The lowest BCUT2D eigenvalue weighted by atomic mass is 10.1. The molecule has 0 aliphatic heterocycles. The number of phenolic OH excluding ortho intramolecular Hbond substituents is 1. The molecule has 1 aliphatic rings. The standard InChI is InChI=1S/C29H38F2N4O3S.2C2HF3O2/c30-22-8-9-24(31)21(19-22)12-16-35(17-13-26(37)33-23-5-3-1-2-4-6-23)18-15-32-14-11-20-7-10-25(36)27-28(20)39-29(38)34-27;2*3-2(4,5)1(6)7/h7-10,19,23,32,36H,1-6,11-18H2,(H,33,37)(H,34,38);2*(H,6,7). The zero-order valence-corrected chi connectivity index (χ0v) is 29.0. The third-order valence-corrected chi connectivity index (χ3v) is 8.84. The van der Waals surface area contributed by atoms with Gasteiger partial charge < -0.3 is 35.8 Å². The molecule has 1 saturated carbocycles. The Kier molecular flexibility index (Phi) is 18.1. The molecular weight excluding hydrogens is 748 g/mol. The number of carboxylic acid groups (broad SMARTS) is 2. The summed E-state index contributed by atoms with van der Waals surface area (Å²) in [6.45, 7) is 3.01. The third kappa shape index (κ3) is 16.9. The molecule has 53 heavy (non-hydrogen) atoms. The number of hydrogen-bond donors (Lipinski definition) is 6. The lowest BCUT2D eigenvalue weighted by Crippen LogP contribution is -2.39. The average molecular weight is 789 g/mol. The van der Waals surface area contributed by atoms with Gasteiger partial charge in [0.15, 0.2) is 0 Å². The third-order valence-electron chi connectivity index (χ3n) is 7.88. The van der Waals surface area contributed by atoms with Gasteiger partial charge in [0.2, 0.25) is 5.91 Å². The molecule has 3 aromatic rings. The van der Waals surface area contributed by atoms with E-state index in [-0.39, 0.29) is 22.6 Å². The molecule has 0 bridgehead atoms. The molecule has 4 rings (SSSR count). The second kappa shape index (κ2) is 21.4. The van der Waals surface area contributed by atoms with E-state index >= 15 is 0 Å². The summed E-state index contributed by atoms with van der Waals surface area (Å²) in [5, 5.41) is 30.8. The van der Waals surface area contributed by atoms with Crippen LogP contribution in [0.3, 0.4) is 0 Å². The van der Waals surface area contributed by atoms with Crippen LogP contribution in [0.25, 0.3) is 10.2 Å². The predicted molar refractivity (Wildman–Crippen MR) is 179 cm³/mol. The van der Waals surface area contributed by atoms with Crippen LogP contribution in [0.1, 0.15) is 56.1 Å². The summed E-state index contributed by atoms with van der Waals surface area (Å²) in [4.78, 5) is 46.8. The molecular formula is C33H40F8N4O7S. The fourth-order valence-electron chi connectivity index (χ4n) is 5.19. The van der Waals surface area contributed by atoms with Gasteiger partial charge in [-0.25, -0.2) is 18.4 Å². The highest BCUT2D eigenvalue weighted by Gasteiger charge is 2.38. The average Bonchev–Trinajstić information content (AvgIpc) is 3.29. The van der Waals surface area contributed by atoms with E-state index in [1.807, 2.05) is 6.07 Å². The number of alkyl halides is 6. The van der Waals surface area contributed by atoms with Crippen molar-refractivity contribution in [1.82, 2.24) is 20.5 Å². The van der Waals surface area contributed by atoms with E-state index in [0.29, 0.717) is 63.1 Å². The molecule has 0 atom stereocenters. The van der Waals surface area contributed by atoms with Crippen molar-refractivity contribution >= 4 is 39.4 Å². The quantitative estimate of drug-likeness (QED) is 0.0718. The van der Waals surface area contributed by atoms with Crippen molar-refractivity contribution in [2.75, 3.05) is 32.7 Å². The number of nitrogens with one attached hydrogen (secondary N) is 3. The number of carboxylic acids is 2. The molecule has 0 unspecified atom stereocenters. The molecule has 2 aromatic carbocycles. The summed E-state index contributed by atoms with van der Waals surface area (Å²) in [6.07, 6.45) is -1.94. The van der Waals surface area contributed by atoms with Gasteiger partial charge in [-0.1, -0.05) is 43.1 Å². The zero-order valence-electron chi connectivity index (χ0n) is 28.2. The van der Waals surface area contributed by atoms with Crippen LogP contribution in [0.2, 0.25) is 0 Å². The first-order valence-electron chi connectivity index (χ1n) is 16.4. The molecule has 296 valence electrons. The number of H-pyrrole nitrogens is 1. The molecule has 0 saturated heterocycles. The Morgan fingerprint density at radius 3 is 2.02 bits per heavy atom. The number of thiazole rings is 1. The lowest BCUT2D eigenvalue weighted by Gasteiger charge is -2.23. The number of hydrogen-bond acceptors (Lipinski definition) is 8. The molecule has 11 nitrogen and oxygen atoms in total. The van der Waals surface area contributed by atoms with Crippen LogP contribution in [0.4, 0.5) is 35.1 Å². The number of carbonyl (C=O) groups excluding carboxylic acids is 1. The van der Waals surface area contributed by atoms with Gasteiger partial charge in [0.1, 0.15) is 22.9 Å². The normalized spacial score (nSPS) is 13.8. The number of aromatic hydroxyl groups is 1. The van der Waals surface area contributed by atoms with E-state index in [9.17, 15) is 49.8 Å². The van der Waals surface area contributed by atoms with E-state index in [0.717, 1.165) is 59.4 Å². The second-order valence-electron chi connectivity index (χ2n) is 11.9. The van der Waals surface area contributed by atoms with Crippen molar-refractivity contribution in [3.63, 3.8) is 0 Å². The van der Waals surface area contributed by atoms with E-state index in [2.05, 4.69) is 20.5 Å².